The summed E-state index contributed by atoms with van der Waals surface area (Å²) in [5, 5.41) is 10.8. The van der Waals surface area contributed by atoms with Gasteiger partial charge in [-0.25, -0.2) is 0 Å². The molecule has 26 heavy (non-hydrogen) atoms. The predicted molar refractivity (Wildman–Crippen MR) is 99.5 cm³/mol. The molecule has 1 amide bonds. The Morgan fingerprint density at radius 1 is 0.808 bits per heavy atom. The molecule has 5 heteroatoms. The summed E-state index contributed by atoms with van der Waals surface area (Å²) < 4.78 is 0. The zero-order valence-corrected chi connectivity index (χ0v) is 15.4. The van der Waals surface area contributed by atoms with Crippen LogP contribution in [0.1, 0.15) is 37.4 Å². The summed E-state index contributed by atoms with van der Waals surface area (Å²) in [5.74, 6) is -1.30. The topological polar surface area (TPSA) is 63.7 Å². The van der Waals surface area contributed by atoms with Gasteiger partial charge in [-0.1, -0.05) is 18.2 Å². The number of carboxylic acid groups (broad SMARTS) is 1. The zero-order valence-electron chi connectivity index (χ0n) is 15.4. The molecule has 2 aromatic carbocycles. The van der Waals surface area contributed by atoms with Gasteiger partial charge in [0.05, 0.1) is 5.97 Å². The quantitative estimate of drug-likeness (QED) is 0.848. The lowest BCUT2D eigenvalue weighted by Gasteiger charge is -2.37. The minimum Gasteiger partial charge on any atom is -0.545 e. The van der Waals surface area contributed by atoms with Gasteiger partial charge in [-0.15, -0.1) is 0 Å². The van der Waals surface area contributed by atoms with E-state index in [1.165, 1.54) is 34.5 Å². The highest BCUT2D eigenvalue weighted by atomic mass is 16.4. The maximum absolute atomic E-state index is 12.6. The molecule has 0 saturated carbocycles. The highest BCUT2D eigenvalue weighted by molar-refractivity contribution is 5.95. The Labute approximate surface area is 153 Å². The van der Waals surface area contributed by atoms with Crippen molar-refractivity contribution in [3.05, 3.63) is 64.2 Å². The molecule has 0 atom stereocenters. The molecule has 1 heterocycles. The number of nitrogens with zero attached hydrogens (tertiary/aromatic N) is 2. The second-order valence-corrected chi connectivity index (χ2v) is 6.87. The average Bonchev–Trinajstić information content (AvgIpc) is 2.64. The molecule has 0 bridgehead atoms. The number of aromatic carboxylic acids is 1. The predicted octanol–water partition coefficient (Wildman–Crippen LogP) is 1.94. The Bertz CT molecular complexity index is 835. The Balaban J connectivity index is 1.67. The van der Waals surface area contributed by atoms with Gasteiger partial charge >= 0.3 is 0 Å². The fourth-order valence-electron chi connectivity index (χ4n) is 3.37. The van der Waals surface area contributed by atoms with Crippen molar-refractivity contribution in [2.45, 2.75) is 20.8 Å². The Morgan fingerprint density at radius 3 is 1.92 bits per heavy atom. The van der Waals surface area contributed by atoms with Crippen LogP contribution in [-0.4, -0.2) is 43.0 Å². The van der Waals surface area contributed by atoms with E-state index in [1.807, 2.05) is 4.90 Å². The highest BCUT2D eigenvalue weighted by Gasteiger charge is 2.23. The van der Waals surface area contributed by atoms with Crippen LogP contribution in [0.2, 0.25) is 0 Å². The van der Waals surface area contributed by atoms with Crippen molar-refractivity contribution in [1.29, 1.82) is 0 Å². The number of hydrogen-bond acceptors (Lipinski definition) is 4. The van der Waals surface area contributed by atoms with Gasteiger partial charge in [0.1, 0.15) is 0 Å². The van der Waals surface area contributed by atoms with E-state index >= 15 is 0 Å². The van der Waals surface area contributed by atoms with Gasteiger partial charge in [0.2, 0.25) is 0 Å². The SMILES string of the molecule is Cc1cc(C)c(N2CCN(C(=O)c3ccc(C(=O)[O-])cc3)CC2)cc1C. The summed E-state index contributed by atoms with van der Waals surface area (Å²) >= 11 is 0. The number of rotatable bonds is 3. The lowest BCUT2D eigenvalue weighted by molar-refractivity contribution is -0.255. The van der Waals surface area contributed by atoms with E-state index in [1.54, 1.807) is 12.1 Å². The summed E-state index contributed by atoms with van der Waals surface area (Å²) in [6, 6.07) is 10.4. The van der Waals surface area contributed by atoms with E-state index in [-0.39, 0.29) is 11.5 Å². The molecule has 3 rings (SSSR count). The average molecular weight is 351 g/mol. The first-order valence-corrected chi connectivity index (χ1v) is 8.80. The van der Waals surface area contributed by atoms with Crippen LogP contribution in [0.3, 0.4) is 0 Å². The third-order valence-corrected chi connectivity index (χ3v) is 5.09. The van der Waals surface area contributed by atoms with E-state index in [2.05, 4.69) is 37.8 Å². The molecule has 136 valence electrons. The lowest BCUT2D eigenvalue weighted by atomic mass is 10.0. The normalized spacial score (nSPS) is 14.4. The molecule has 0 spiro atoms. The Hall–Kier alpha value is -2.82. The summed E-state index contributed by atoms with van der Waals surface area (Å²) in [6.07, 6.45) is 0. The van der Waals surface area contributed by atoms with Gasteiger partial charge in [-0.3, -0.25) is 4.79 Å². The molecule has 0 aromatic heterocycles. The number of carbonyl (C=O) groups is 2. The molecule has 0 radical (unpaired) electrons. The van der Waals surface area contributed by atoms with E-state index in [9.17, 15) is 14.7 Å². The van der Waals surface area contributed by atoms with Crippen molar-refractivity contribution in [2.24, 2.45) is 0 Å². The summed E-state index contributed by atoms with van der Waals surface area (Å²) in [5.41, 5.74) is 5.64. The fraction of sp³-hybridized carbons (Fsp3) is 0.333. The second-order valence-electron chi connectivity index (χ2n) is 6.87. The first-order valence-electron chi connectivity index (χ1n) is 8.80. The molecule has 1 fully saturated rings. The van der Waals surface area contributed by atoms with E-state index in [0.717, 1.165) is 13.1 Å². The summed E-state index contributed by atoms with van der Waals surface area (Å²) in [4.78, 5) is 27.6. The molecule has 1 saturated heterocycles. The third-order valence-electron chi connectivity index (χ3n) is 5.09. The number of hydrogen-bond donors (Lipinski definition) is 0. The minimum atomic E-state index is -1.23. The van der Waals surface area contributed by atoms with Gasteiger partial charge in [-0.05, 0) is 61.2 Å². The zero-order chi connectivity index (χ0) is 18.8. The second kappa shape index (κ2) is 7.20. The van der Waals surface area contributed by atoms with Gasteiger partial charge in [0, 0.05) is 37.4 Å². The van der Waals surface area contributed by atoms with Crippen LogP contribution in [0, 0.1) is 20.8 Å². The molecule has 5 nitrogen and oxygen atoms in total. The maximum Gasteiger partial charge on any atom is 0.253 e. The van der Waals surface area contributed by atoms with E-state index in [4.69, 9.17) is 0 Å². The number of carbonyl (C=O) groups excluding carboxylic acids is 2. The molecular formula is C21H23N2O3-. The van der Waals surface area contributed by atoms with Gasteiger partial charge in [-0.2, -0.15) is 0 Å². The summed E-state index contributed by atoms with van der Waals surface area (Å²) in [6.45, 7) is 9.22. The first-order chi connectivity index (χ1) is 12.4. The number of benzene rings is 2. The van der Waals surface area contributed by atoms with Crippen molar-refractivity contribution in [1.82, 2.24) is 4.90 Å². The van der Waals surface area contributed by atoms with Crippen LogP contribution >= 0.6 is 0 Å². The van der Waals surface area contributed by atoms with Crippen LogP contribution < -0.4 is 10.0 Å². The molecule has 0 unspecified atom stereocenters. The van der Waals surface area contributed by atoms with Crippen molar-refractivity contribution < 1.29 is 14.7 Å². The monoisotopic (exact) mass is 351 g/mol. The summed E-state index contributed by atoms with van der Waals surface area (Å²) in [7, 11) is 0. The molecule has 1 aliphatic heterocycles. The van der Waals surface area contributed by atoms with Crippen LogP contribution in [-0.2, 0) is 0 Å². The van der Waals surface area contributed by atoms with E-state index in [0.29, 0.717) is 18.7 Å². The number of carboxylic acids is 1. The van der Waals surface area contributed by atoms with Gasteiger partial charge in [0.25, 0.3) is 5.91 Å². The Morgan fingerprint density at radius 2 is 1.35 bits per heavy atom. The van der Waals surface area contributed by atoms with Crippen LogP contribution in [0.25, 0.3) is 0 Å². The smallest absolute Gasteiger partial charge is 0.253 e. The molecular weight excluding hydrogens is 328 g/mol. The maximum atomic E-state index is 12.6. The number of amides is 1. The number of anilines is 1. The number of aryl methyl sites for hydroxylation is 3. The van der Waals surface area contributed by atoms with Gasteiger partial charge in [0.15, 0.2) is 0 Å². The van der Waals surface area contributed by atoms with Crippen LogP contribution in [0.5, 0.6) is 0 Å². The van der Waals surface area contributed by atoms with Crippen molar-refractivity contribution in [3.8, 4) is 0 Å². The first kappa shape index (κ1) is 18.0. The largest absolute Gasteiger partial charge is 0.545 e. The van der Waals surface area contributed by atoms with Crippen molar-refractivity contribution in [3.63, 3.8) is 0 Å². The van der Waals surface area contributed by atoms with Crippen molar-refractivity contribution >= 4 is 17.6 Å². The van der Waals surface area contributed by atoms with Crippen molar-refractivity contribution in [2.75, 3.05) is 31.1 Å². The molecule has 2 aromatic rings. The molecule has 1 aliphatic rings. The highest BCUT2D eigenvalue weighted by Crippen LogP contribution is 2.25. The van der Waals surface area contributed by atoms with Gasteiger partial charge < -0.3 is 19.7 Å². The fourth-order valence-corrected chi connectivity index (χ4v) is 3.37. The third kappa shape index (κ3) is 3.57. The standard InChI is InChI=1S/C21H24N2O3/c1-14-12-16(3)19(13-15(14)2)22-8-10-23(11-9-22)20(24)17-4-6-18(7-5-17)21(25)26/h4-7,12-13H,8-11H2,1-3H3,(H,25,26)/p-1. The van der Waals surface area contributed by atoms with Crippen LogP contribution in [0.15, 0.2) is 36.4 Å². The molecule has 0 aliphatic carbocycles. The van der Waals surface area contributed by atoms with Crippen LogP contribution in [0.4, 0.5) is 5.69 Å². The van der Waals surface area contributed by atoms with E-state index < -0.39 is 5.97 Å². The number of piperazine rings is 1. The lowest BCUT2D eigenvalue weighted by Crippen LogP contribution is -2.49. The minimum absolute atomic E-state index is 0.0636. The Kier molecular flexibility index (Phi) is 4.98. The molecule has 0 N–H and O–H groups in total.